The van der Waals surface area contributed by atoms with Crippen LogP contribution in [0.3, 0.4) is 0 Å². The quantitative estimate of drug-likeness (QED) is 0.759. The number of thioether (sulfide) groups is 1. The van der Waals surface area contributed by atoms with Gasteiger partial charge >= 0.3 is 0 Å². The maximum Gasteiger partial charge on any atom is 0.233 e. The van der Waals surface area contributed by atoms with Crippen LogP contribution in [-0.4, -0.2) is 34.8 Å². The molecule has 2 rings (SSSR count). The Morgan fingerprint density at radius 2 is 1.68 bits per heavy atom. The Morgan fingerprint density at radius 1 is 1.04 bits per heavy atom. The van der Waals surface area contributed by atoms with Gasteiger partial charge in [-0.1, -0.05) is 63.2 Å². The molecule has 0 aliphatic rings. The van der Waals surface area contributed by atoms with E-state index in [0.29, 0.717) is 18.8 Å². The molecule has 3 nitrogen and oxygen atoms in total. The van der Waals surface area contributed by atoms with Crippen LogP contribution in [0.25, 0.3) is 0 Å². The van der Waals surface area contributed by atoms with Gasteiger partial charge < -0.3 is 10.0 Å². The average molecular weight is 358 g/mol. The first kappa shape index (κ1) is 19.5. The maximum absolute atomic E-state index is 12.5. The van der Waals surface area contributed by atoms with E-state index in [1.54, 1.807) is 4.90 Å². The van der Waals surface area contributed by atoms with Crippen LogP contribution in [0.15, 0.2) is 59.5 Å². The molecule has 1 amide bonds. The molecule has 0 fully saturated rings. The van der Waals surface area contributed by atoms with E-state index in [9.17, 15) is 9.90 Å². The highest BCUT2D eigenvalue weighted by Crippen LogP contribution is 2.25. The summed E-state index contributed by atoms with van der Waals surface area (Å²) in [5.41, 5.74) is 2.49. The molecule has 0 bridgehead atoms. The SMILES string of the molecule is CC(C)(C)c1ccc(SCC(=O)N(CCO)Cc2ccccc2)cc1. The van der Waals surface area contributed by atoms with E-state index in [0.717, 1.165) is 10.5 Å². The molecular formula is C21H27NO2S. The van der Waals surface area contributed by atoms with Crippen LogP contribution in [0.1, 0.15) is 31.9 Å². The number of carbonyl (C=O) groups excluding carboxylic acids is 1. The molecule has 1 N–H and O–H groups in total. The summed E-state index contributed by atoms with van der Waals surface area (Å²) < 4.78 is 0. The molecule has 2 aromatic carbocycles. The van der Waals surface area contributed by atoms with Crippen molar-refractivity contribution in [2.24, 2.45) is 0 Å². The summed E-state index contributed by atoms with van der Waals surface area (Å²) in [6, 6.07) is 18.3. The number of carbonyl (C=O) groups is 1. The molecule has 25 heavy (non-hydrogen) atoms. The monoisotopic (exact) mass is 357 g/mol. The summed E-state index contributed by atoms with van der Waals surface area (Å²) in [5.74, 6) is 0.421. The molecule has 0 atom stereocenters. The van der Waals surface area contributed by atoms with Crippen molar-refractivity contribution in [2.45, 2.75) is 37.6 Å². The van der Waals surface area contributed by atoms with E-state index in [-0.39, 0.29) is 17.9 Å². The Hall–Kier alpha value is -1.78. The minimum atomic E-state index is -0.0243. The highest BCUT2D eigenvalue weighted by Gasteiger charge is 2.15. The summed E-state index contributed by atoms with van der Waals surface area (Å²) in [6.07, 6.45) is 0. The number of aliphatic hydroxyl groups excluding tert-OH is 1. The van der Waals surface area contributed by atoms with Gasteiger partial charge in [-0.2, -0.15) is 0 Å². The first-order chi connectivity index (χ1) is 11.9. The van der Waals surface area contributed by atoms with Gasteiger partial charge in [0.15, 0.2) is 0 Å². The second kappa shape index (κ2) is 9.07. The van der Waals surface area contributed by atoms with Crippen LogP contribution in [0.2, 0.25) is 0 Å². The lowest BCUT2D eigenvalue weighted by molar-refractivity contribution is -0.129. The maximum atomic E-state index is 12.5. The lowest BCUT2D eigenvalue weighted by Gasteiger charge is -2.22. The van der Waals surface area contributed by atoms with Gasteiger partial charge in [0.1, 0.15) is 0 Å². The third kappa shape index (κ3) is 6.22. The van der Waals surface area contributed by atoms with E-state index >= 15 is 0 Å². The first-order valence-electron chi connectivity index (χ1n) is 8.56. The van der Waals surface area contributed by atoms with Crippen molar-refractivity contribution in [3.63, 3.8) is 0 Å². The molecule has 0 saturated heterocycles. The Bertz CT molecular complexity index is 663. The molecule has 0 saturated carbocycles. The fourth-order valence-corrected chi connectivity index (χ4v) is 3.31. The third-order valence-electron chi connectivity index (χ3n) is 4.02. The molecule has 2 aromatic rings. The molecule has 0 aliphatic carbocycles. The first-order valence-corrected chi connectivity index (χ1v) is 9.54. The van der Waals surface area contributed by atoms with E-state index in [4.69, 9.17) is 0 Å². The number of aliphatic hydroxyl groups is 1. The number of hydrogen-bond acceptors (Lipinski definition) is 3. The van der Waals surface area contributed by atoms with Gasteiger partial charge in [0.05, 0.1) is 12.4 Å². The van der Waals surface area contributed by atoms with Crippen LogP contribution in [0.4, 0.5) is 0 Å². The van der Waals surface area contributed by atoms with Crippen LogP contribution < -0.4 is 0 Å². The zero-order chi connectivity index (χ0) is 18.3. The standard InChI is InChI=1S/C21H27NO2S/c1-21(2,3)18-9-11-19(12-10-18)25-16-20(24)22(13-14-23)15-17-7-5-4-6-8-17/h4-12,23H,13-16H2,1-3H3. The lowest BCUT2D eigenvalue weighted by Crippen LogP contribution is -2.34. The molecule has 4 heteroatoms. The van der Waals surface area contributed by atoms with Crippen molar-refractivity contribution in [3.05, 3.63) is 65.7 Å². The van der Waals surface area contributed by atoms with Crippen molar-refractivity contribution in [1.29, 1.82) is 0 Å². The number of amides is 1. The second-order valence-corrected chi connectivity index (χ2v) is 8.14. The van der Waals surface area contributed by atoms with Crippen molar-refractivity contribution in [2.75, 3.05) is 18.9 Å². The lowest BCUT2D eigenvalue weighted by atomic mass is 9.87. The molecule has 0 heterocycles. The van der Waals surface area contributed by atoms with Crippen LogP contribution >= 0.6 is 11.8 Å². The largest absolute Gasteiger partial charge is 0.395 e. The van der Waals surface area contributed by atoms with Gasteiger partial charge in [-0.25, -0.2) is 0 Å². The van der Waals surface area contributed by atoms with Gasteiger partial charge in [-0.3, -0.25) is 4.79 Å². The van der Waals surface area contributed by atoms with Gasteiger partial charge in [0, 0.05) is 18.0 Å². The van der Waals surface area contributed by atoms with Gasteiger partial charge in [-0.15, -0.1) is 11.8 Å². The summed E-state index contributed by atoms with van der Waals surface area (Å²) in [7, 11) is 0. The normalized spacial score (nSPS) is 11.4. The minimum absolute atomic E-state index is 0.0243. The Kier molecular flexibility index (Phi) is 7.09. The summed E-state index contributed by atoms with van der Waals surface area (Å²) in [5, 5.41) is 9.25. The summed E-state index contributed by atoms with van der Waals surface area (Å²) in [6.45, 7) is 7.43. The van der Waals surface area contributed by atoms with Crippen molar-refractivity contribution < 1.29 is 9.90 Å². The Morgan fingerprint density at radius 3 is 2.24 bits per heavy atom. The van der Waals surface area contributed by atoms with Crippen molar-refractivity contribution in [1.82, 2.24) is 4.90 Å². The molecule has 0 spiro atoms. The van der Waals surface area contributed by atoms with Crippen molar-refractivity contribution in [3.8, 4) is 0 Å². The van der Waals surface area contributed by atoms with Crippen LogP contribution in [-0.2, 0) is 16.8 Å². The zero-order valence-corrected chi connectivity index (χ0v) is 16.1. The van der Waals surface area contributed by atoms with Crippen molar-refractivity contribution >= 4 is 17.7 Å². The van der Waals surface area contributed by atoms with E-state index in [2.05, 4.69) is 45.0 Å². The molecular weight excluding hydrogens is 330 g/mol. The highest BCUT2D eigenvalue weighted by atomic mass is 32.2. The van der Waals surface area contributed by atoms with Gasteiger partial charge in [0.25, 0.3) is 0 Å². The van der Waals surface area contributed by atoms with Crippen LogP contribution in [0, 0.1) is 0 Å². The molecule has 0 aliphatic heterocycles. The Balaban J connectivity index is 1.94. The predicted octanol–water partition coefficient (Wildman–Crippen LogP) is 4.10. The average Bonchev–Trinajstić information content (AvgIpc) is 2.60. The topological polar surface area (TPSA) is 40.5 Å². The molecule has 0 aromatic heterocycles. The summed E-state index contributed by atoms with van der Waals surface area (Å²) >= 11 is 1.54. The summed E-state index contributed by atoms with van der Waals surface area (Å²) in [4.78, 5) is 15.3. The fourth-order valence-electron chi connectivity index (χ4n) is 2.50. The second-order valence-electron chi connectivity index (χ2n) is 7.09. The van der Waals surface area contributed by atoms with Gasteiger partial charge in [0.2, 0.25) is 5.91 Å². The fraction of sp³-hybridized carbons (Fsp3) is 0.381. The van der Waals surface area contributed by atoms with Crippen LogP contribution in [0.5, 0.6) is 0 Å². The number of nitrogens with zero attached hydrogens (tertiary/aromatic N) is 1. The molecule has 134 valence electrons. The molecule has 0 radical (unpaired) electrons. The smallest absolute Gasteiger partial charge is 0.233 e. The predicted molar refractivity (Wildman–Crippen MR) is 105 cm³/mol. The third-order valence-corrected chi connectivity index (χ3v) is 5.02. The van der Waals surface area contributed by atoms with E-state index in [1.165, 1.54) is 17.3 Å². The zero-order valence-electron chi connectivity index (χ0n) is 15.2. The number of rotatable bonds is 7. The van der Waals surface area contributed by atoms with E-state index in [1.807, 2.05) is 30.3 Å². The minimum Gasteiger partial charge on any atom is -0.395 e. The Labute approximate surface area is 155 Å². The van der Waals surface area contributed by atoms with E-state index < -0.39 is 0 Å². The number of hydrogen-bond donors (Lipinski definition) is 1. The molecule has 0 unspecified atom stereocenters. The van der Waals surface area contributed by atoms with Gasteiger partial charge in [-0.05, 0) is 28.7 Å². The highest BCUT2D eigenvalue weighted by molar-refractivity contribution is 8.00. The number of benzene rings is 2.